The minimum absolute atomic E-state index is 0.408. The van der Waals surface area contributed by atoms with Gasteiger partial charge in [-0.25, -0.2) is 0 Å². The van der Waals surface area contributed by atoms with Crippen molar-refractivity contribution in [1.29, 1.82) is 0 Å². The monoisotopic (exact) mass is 367 g/mol. The van der Waals surface area contributed by atoms with Gasteiger partial charge in [0.05, 0.1) is 25.0 Å². The number of piperazine rings is 1. The summed E-state index contributed by atoms with van der Waals surface area (Å²) < 4.78 is 0. The van der Waals surface area contributed by atoms with E-state index in [4.69, 9.17) is 16.7 Å². The normalized spacial score (nSPS) is 20.3. The topological polar surface area (TPSA) is 46.0 Å². The highest BCUT2D eigenvalue weighted by Crippen LogP contribution is 2.33. The molecule has 0 spiro atoms. The zero-order chi connectivity index (χ0) is 18.1. The molecule has 0 radical (unpaired) electrons. The van der Waals surface area contributed by atoms with Crippen LogP contribution in [0.3, 0.4) is 0 Å². The van der Waals surface area contributed by atoms with Gasteiger partial charge in [0.1, 0.15) is 0 Å². The third kappa shape index (κ3) is 3.32. The van der Waals surface area contributed by atoms with Crippen molar-refractivity contribution in [3.05, 3.63) is 60.0 Å². The lowest BCUT2D eigenvalue weighted by molar-refractivity contribution is 0.347. The van der Waals surface area contributed by atoms with Gasteiger partial charge in [-0.05, 0) is 43.7 Å². The molecule has 1 N–H and O–H groups in total. The van der Waals surface area contributed by atoms with Crippen LogP contribution in [-0.2, 0) is 0 Å². The fraction of sp³-hybridized carbons (Fsp3) is 0.300. The van der Waals surface area contributed by atoms with E-state index in [1.165, 1.54) is 0 Å². The van der Waals surface area contributed by atoms with Crippen LogP contribution >= 0.6 is 11.6 Å². The Hall–Kier alpha value is -2.37. The number of rotatable bonds is 3. The average molecular weight is 368 g/mol. The molecule has 0 aliphatic carbocycles. The van der Waals surface area contributed by atoms with Gasteiger partial charge in [-0.3, -0.25) is 9.99 Å². The molecule has 3 aromatic rings. The standard InChI is InChI=1S/C20H22ClN5/c1-14-12-25(13-15(2)24-14)26-20(17-3-5-18(21)6-4-17)19(11-23-26)16-7-9-22-10-8-16/h3-11,14-15,24H,12-13H2,1-2H3. The highest BCUT2D eigenvalue weighted by Gasteiger charge is 2.25. The number of nitrogens with zero attached hydrogens (tertiary/aromatic N) is 4. The molecule has 4 rings (SSSR count). The second-order valence-electron chi connectivity index (χ2n) is 6.88. The molecular formula is C20H22ClN5. The summed E-state index contributed by atoms with van der Waals surface area (Å²) in [4.78, 5) is 6.19. The number of benzene rings is 1. The summed E-state index contributed by atoms with van der Waals surface area (Å²) in [5.41, 5.74) is 4.37. The molecule has 1 saturated heterocycles. The minimum Gasteiger partial charge on any atom is -0.308 e. The van der Waals surface area contributed by atoms with Crippen LogP contribution in [0.4, 0.5) is 0 Å². The molecule has 2 atom stereocenters. The van der Waals surface area contributed by atoms with E-state index in [2.05, 4.69) is 41.3 Å². The van der Waals surface area contributed by atoms with Gasteiger partial charge in [0.2, 0.25) is 0 Å². The van der Waals surface area contributed by atoms with Crippen molar-refractivity contribution in [2.75, 3.05) is 18.1 Å². The molecule has 0 bridgehead atoms. The fourth-order valence-corrected chi connectivity index (χ4v) is 3.75. The number of nitrogens with one attached hydrogen (secondary N) is 1. The molecule has 2 unspecified atom stereocenters. The maximum atomic E-state index is 6.11. The first-order valence-electron chi connectivity index (χ1n) is 8.87. The summed E-state index contributed by atoms with van der Waals surface area (Å²) in [7, 11) is 0. The molecule has 1 aromatic carbocycles. The number of hydrogen-bond donors (Lipinski definition) is 1. The van der Waals surface area contributed by atoms with E-state index < -0.39 is 0 Å². The lowest BCUT2D eigenvalue weighted by Crippen LogP contribution is -2.58. The molecule has 0 saturated carbocycles. The first-order valence-corrected chi connectivity index (χ1v) is 9.25. The third-order valence-electron chi connectivity index (χ3n) is 4.67. The van der Waals surface area contributed by atoms with Gasteiger partial charge in [0.15, 0.2) is 0 Å². The predicted octanol–water partition coefficient (Wildman–Crippen LogP) is 3.58. The van der Waals surface area contributed by atoms with Crippen LogP contribution in [0.1, 0.15) is 13.8 Å². The molecule has 1 aliphatic heterocycles. The molecule has 2 aromatic heterocycles. The summed E-state index contributed by atoms with van der Waals surface area (Å²) in [5, 5.41) is 11.4. The maximum absolute atomic E-state index is 6.11. The smallest absolute Gasteiger partial charge is 0.0998 e. The Morgan fingerprint density at radius 1 is 0.962 bits per heavy atom. The molecule has 6 heteroatoms. The van der Waals surface area contributed by atoms with Crippen LogP contribution in [-0.4, -0.2) is 40.0 Å². The second kappa shape index (κ2) is 7.09. The molecule has 0 amide bonds. The third-order valence-corrected chi connectivity index (χ3v) is 4.92. The molecule has 1 fully saturated rings. The van der Waals surface area contributed by atoms with Gasteiger partial charge in [-0.2, -0.15) is 9.89 Å². The first kappa shape index (κ1) is 17.1. The van der Waals surface area contributed by atoms with Crippen LogP contribution in [0.2, 0.25) is 5.02 Å². The number of aromatic nitrogens is 3. The Bertz CT molecular complexity index is 865. The molecule has 1 aliphatic rings. The zero-order valence-corrected chi connectivity index (χ0v) is 15.7. The van der Waals surface area contributed by atoms with Crippen LogP contribution in [0.15, 0.2) is 55.0 Å². The Morgan fingerprint density at radius 3 is 2.27 bits per heavy atom. The van der Waals surface area contributed by atoms with E-state index in [0.717, 1.165) is 40.5 Å². The lowest BCUT2D eigenvalue weighted by atomic mass is 10.0. The Balaban J connectivity index is 1.84. The van der Waals surface area contributed by atoms with Crippen molar-refractivity contribution in [3.8, 4) is 22.4 Å². The van der Waals surface area contributed by atoms with E-state index >= 15 is 0 Å². The summed E-state index contributed by atoms with van der Waals surface area (Å²) in [5.74, 6) is 0. The van der Waals surface area contributed by atoms with Crippen molar-refractivity contribution >= 4 is 11.6 Å². The SMILES string of the molecule is CC1CN(n2ncc(-c3ccncc3)c2-c2ccc(Cl)cc2)CC(C)N1. The summed E-state index contributed by atoms with van der Waals surface area (Å²) in [6.07, 6.45) is 5.57. The van der Waals surface area contributed by atoms with E-state index in [1.807, 2.05) is 47.6 Å². The molecular weight excluding hydrogens is 346 g/mol. The first-order chi connectivity index (χ1) is 12.6. The number of hydrogen-bond acceptors (Lipinski definition) is 4. The molecule has 134 valence electrons. The van der Waals surface area contributed by atoms with Crippen molar-refractivity contribution < 1.29 is 0 Å². The predicted molar refractivity (Wildman–Crippen MR) is 106 cm³/mol. The Labute approximate surface area is 158 Å². The van der Waals surface area contributed by atoms with Gasteiger partial charge in [-0.1, -0.05) is 23.7 Å². The fourth-order valence-electron chi connectivity index (χ4n) is 3.63. The molecule has 3 heterocycles. The van der Waals surface area contributed by atoms with E-state index in [1.54, 1.807) is 0 Å². The van der Waals surface area contributed by atoms with Gasteiger partial charge < -0.3 is 5.32 Å². The number of pyridine rings is 1. The summed E-state index contributed by atoms with van der Waals surface area (Å²) in [6, 6.07) is 12.8. The van der Waals surface area contributed by atoms with Gasteiger partial charge in [-0.15, -0.1) is 0 Å². The van der Waals surface area contributed by atoms with E-state index in [9.17, 15) is 0 Å². The number of halogens is 1. The highest BCUT2D eigenvalue weighted by molar-refractivity contribution is 6.30. The van der Waals surface area contributed by atoms with Crippen molar-refractivity contribution in [2.45, 2.75) is 25.9 Å². The van der Waals surface area contributed by atoms with E-state index in [0.29, 0.717) is 12.1 Å². The second-order valence-corrected chi connectivity index (χ2v) is 7.32. The van der Waals surface area contributed by atoms with Crippen LogP contribution < -0.4 is 10.3 Å². The Morgan fingerprint density at radius 2 is 1.62 bits per heavy atom. The summed E-state index contributed by atoms with van der Waals surface area (Å²) in [6.45, 7) is 6.22. The van der Waals surface area contributed by atoms with Gasteiger partial charge >= 0.3 is 0 Å². The Kier molecular flexibility index (Phi) is 4.66. The van der Waals surface area contributed by atoms with Crippen molar-refractivity contribution in [2.24, 2.45) is 0 Å². The minimum atomic E-state index is 0.408. The highest BCUT2D eigenvalue weighted by atomic mass is 35.5. The quantitative estimate of drug-likeness (QED) is 0.768. The van der Waals surface area contributed by atoms with Crippen LogP contribution in [0.25, 0.3) is 22.4 Å². The summed E-state index contributed by atoms with van der Waals surface area (Å²) >= 11 is 6.11. The van der Waals surface area contributed by atoms with Gasteiger partial charge in [0.25, 0.3) is 0 Å². The molecule has 26 heavy (non-hydrogen) atoms. The maximum Gasteiger partial charge on any atom is 0.0998 e. The largest absolute Gasteiger partial charge is 0.308 e. The molecule has 5 nitrogen and oxygen atoms in total. The lowest BCUT2D eigenvalue weighted by Gasteiger charge is -2.38. The van der Waals surface area contributed by atoms with Crippen molar-refractivity contribution in [1.82, 2.24) is 20.2 Å². The average Bonchev–Trinajstić information content (AvgIpc) is 3.07. The van der Waals surface area contributed by atoms with E-state index in [-0.39, 0.29) is 0 Å². The van der Waals surface area contributed by atoms with Gasteiger partial charge in [0, 0.05) is 40.6 Å². The van der Waals surface area contributed by atoms with Crippen molar-refractivity contribution in [3.63, 3.8) is 0 Å². The zero-order valence-electron chi connectivity index (χ0n) is 14.9. The van der Waals surface area contributed by atoms with Crippen LogP contribution in [0, 0.1) is 0 Å². The van der Waals surface area contributed by atoms with Crippen LogP contribution in [0.5, 0.6) is 0 Å².